The molecule has 3 aromatic carbocycles. The summed E-state index contributed by atoms with van der Waals surface area (Å²) in [5, 5.41) is 0. The van der Waals surface area contributed by atoms with Crippen molar-refractivity contribution in [1.82, 2.24) is 9.62 Å². The lowest BCUT2D eigenvalue weighted by Gasteiger charge is -2.34. The molecule has 1 aliphatic rings. The molecule has 0 spiro atoms. The molecule has 1 N–H and O–H groups in total. The molecule has 1 heterocycles. The summed E-state index contributed by atoms with van der Waals surface area (Å²) in [6.45, 7) is 2.61. The summed E-state index contributed by atoms with van der Waals surface area (Å²) in [7, 11) is -3.71. The van der Waals surface area contributed by atoms with Gasteiger partial charge >= 0.3 is 0 Å². The van der Waals surface area contributed by atoms with E-state index in [0.29, 0.717) is 26.3 Å². The van der Waals surface area contributed by atoms with Gasteiger partial charge in [-0.1, -0.05) is 54.6 Å². The quantitative estimate of drug-likeness (QED) is 0.607. The Morgan fingerprint density at radius 1 is 0.903 bits per heavy atom. The van der Waals surface area contributed by atoms with Crippen LogP contribution < -0.4 is 4.72 Å². The van der Waals surface area contributed by atoms with Crippen LogP contribution in [0.2, 0.25) is 0 Å². The van der Waals surface area contributed by atoms with Gasteiger partial charge in [-0.15, -0.1) is 0 Å². The van der Waals surface area contributed by atoms with Gasteiger partial charge in [0.15, 0.2) is 0 Å². The van der Waals surface area contributed by atoms with Crippen LogP contribution in [0.4, 0.5) is 4.39 Å². The highest BCUT2D eigenvalue weighted by atomic mass is 32.2. The maximum atomic E-state index is 13.8. The van der Waals surface area contributed by atoms with Crippen LogP contribution in [-0.4, -0.2) is 46.2 Å². The molecule has 31 heavy (non-hydrogen) atoms. The fourth-order valence-electron chi connectivity index (χ4n) is 3.79. The van der Waals surface area contributed by atoms with Crippen LogP contribution in [0.1, 0.15) is 11.6 Å². The minimum Gasteiger partial charge on any atom is -0.379 e. The van der Waals surface area contributed by atoms with E-state index in [4.69, 9.17) is 4.74 Å². The highest BCUT2D eigenvalue weighted by Crippen LogP contribution is 2.24. The fraction of sp³-hybridized carbons (Fsp3) is 0.250. The smallest absolute Gasteiger partial charge is 0.240 e. The Labute approximate surface area is 182 Å². The van der Waals surface area contributed by atoms with Crippen molar-refractivity contribution in [2.24, 2.45) is 0 Å². The van der Waals surface area contributed by atoms with Gasteiger partial charge in [-0.3, -0.25) is 4.90 Å². The minimum absolute atomic E-state index is 0.145. The molecular formula is C24H25FN2O3S. The van der Waals surface area contributed by atoms with E-state index in [1.54, 1.807) is 30.3 Å². The molecule has 1 saturated heterocycles. The number of rotatable bonds is 7. The third kappa shape index (κ3) is 5.37. The Hall–Kier alpha value is -2.58. The molecule has 7 heteroatoms. The molecule has 0 amide bonds. The van der Waals surface area contributed by atoms with E-state index < -0.39 is 10.0 Å². The number of nitrogens with one attached hydrogen (secondary N) is 1. The van der Waals surface area contributed by atoms with Crippen molar-refractivity contribution in [3.63, 3.8) is 0 Å². The van der Waals surface area contributed by atoms with Crippen molar-refractivity contribution >= 4 is 10.0 Å². The number of halogens is 1. The van der Waals surface area contributed by atoms with E-state index in [2.05, 4.69) is 9.62 Å². The SMILES string of the molecule is O=S(=O)(NCC(c1cccc(F)c1)N1CCOCC1)c1ccc(-c2ccccc2)cc1. The zero-order chi connectivity index (χ0) is 21.7. The molecular weight excluding hydrogens is 415 g/mol. The summed E-state index contributed by atoms with van der Waals surface area (Å²) in [6, 6.07) is 22.6. The third-order valence-electron chi connectivity index (χ3n) is 5.46. The van der Waals surface area contributed by atoms with Crippen molar-refractivity contribution in [2.45, 2.75) is 10.9 Å². The second-order valence-corrected chi connectivity index (χ2v) is 9.23. The molecule has 1 aliphatic heterocycles. The minimum atomic E-state index is -3.71. The second kappa shape index (κ2) is 9.70. The molecule has 1 fully saturated rings. The van der Waals surface area contributed by atoms with Crippen LogP contribution >= 0.6 is 0 Å². The highest BCUT2D eigenvalue weighted by molar-refractivity contribution is 7.89. The lowest BCUT2D eigenvalue weighted by atomic mass is 10.0. The Kier molecular flexibility index (Phi) is 6.77. The van der Waals surface area contributed by atoms with E-state index >= 15 is 0 Å². The summed E-state index contributed by atoms with van der Waals surface area (Å²) in [6.07, 6.45) is 0. The second-order valence-electron chi connectivity index (χ2n) is 7.46. The fourth-order valence-corrected chi connectivity index (χ4v) is 4.83. The van der Waals surface area contributed by atoms with Gasteiger partial charge < -0.3 is 4.74 Å². The summed E-state index contributed by atoms with van der Waals surface area (Å²) >= 11 is 0. The van der Waals surface area contributed by atoms with Crippen LogP contribution in [0.5, 0.6) is 0 Å². The Bertz CT molecular complexity index is 1100. The van der Waals surface area contributed by atoms with Crippen LogP contribution in [0.3, 0.4) is 0 Å². The van der Waals surface area contributed by atoms with E-state index in [-0.39, 0.29) is 23.3 Å². The molecule has 0 aromatic heterocycles. The first-order valence-corrected chi connectivity index (χ1v) is 11.7. The molecule has 162 valence electrons. The average Bonchev–Trinajstić information content (AvgIpc) is 2.81. The highest BCUT2D eigenvalue weighted by Gasteiger charge is 2.25. The maximum absolute atomic E-state index is 13.8. The van der Waals surface area contributed by atoms with E-state index in [1.165, 1.54) is 12.1 Å². The monoisotopic (exact) mass is 440 g/mol. The molecule has 0 radical (unpaired) electrons. The van der Waals surface area contributed by atoms with Gasteiger partial charge in [-0.2, -0.15) is 0 Å². The first-order valence-electron chi connectivity index (χ1n) is 10.3. The topological polar surface area (TPSA) is 58.6 Å². The van der Waals surface area contributed by atoms with Crippen molar-refractivity contribution < 1.29 is 17.5 Å². The Morgan fingerprint density at radius 3 is 2.26 bits per heavy atom. The molecule has 1 unspecified atom stereocenters. The van der Waals surface area contributed by atoms with Crippen molar-refractivity contribution in [2.75, 3.05) is 32.8 Å². The van der Waals surface area contributed by atoms with Crippen molar-refractivity contribution in [3.8, 4) is 11.1 Å². The summed E-state index contributed by atoms with van der Waals surface area (Å²) in [5.41, 5.74) is 2.72. The lowest BCUT2D eigenvalue weighted by Crippen LogP contribution is -2.43. The van der Waals surface area contributed by atoms with Gasteiger partial charge in [-0.05, 0) is 41.0 Å². The number of nitrogens with zero attached hydrogens (tertiary/aromatic N) is 1. The predicted molar refractivity (Wildman–Crippen MR) is 119 cm³/mol. The molecule has 1 atom stereocenters. The normalized spacial score (nSPS) is 16.2. The standard InChI is InChI=1S/C24H25FN2O3S/c25-22-8-4-7-21(17-22)24(27-13-15-30-16-14-27)18-26-31(28,29)23-11-9-20(10-12-23)19-5-2-1-3-6-19/h1-12,17,24,26H,13-16,18H2. The maximum Gasteiger partial charge on any atom is 0.240 e. The summed E-state index contributed by atoms with van der Waals surface area (Å²) in [4.78, 5) is 2.33. The predicted octanol–water partition coefficient (Wildman–Crippen LogP) is 3.84. The van der Waals surface area contributed by atoms with E-state index in [1.807, 2.05) is 36.4 Å². The van der Waals surface area contributed by atoms with Gasteiger partial charge in [-0.25, -0.2) is 17.5 Å². The van der Waals surface area contributed by atoms with Crippen molar-refractivity contribution in [1.29, 1.82) is 0 Å². The summed E-state index contributed by atoms with van der Waals surface area (Å²) < 4.78 is 47.8. The van der Waals surface area contributed by atoms with E-state index in [0.717, 1.165) is 16.7 Å². The van der Waals surface area contributed by atoms with E-state index in [9.17, 15) is 12.8 Å². The molecule has 0 bridgehead atoms. The molecule has 0 aliphatic carbocycles. The zero-order valence-electron chi connectivity index (χ0n) is 17.1. The molecule has 4 rings (SSSR count). The largest absolute Gasteiger partial charge is 0.379 e. The van der Waals surface area contributed by atoms with Crippen molar-refractivity contribution in [3.05, 3.63) is 90.2 Å². The lowest BCUT2D eigenvalue weighted by molar-refractivity contribution is 0.0171. The number of benzene rings is 3. The number of ether oxygens (including phenoxy) is 1. The number of hydrogen-bond acceptors (Lipinski definition) is 4. The van der Waals surface area contributed by atoms with Crippen LogP contribution in [0.25, 0.3) is 11.1 Å². The number of morpholine rings is 1. The third-order valence-corrected chi connectivity index (χ3v) is 6.90. The van der Waals surface area contributed by atoms with Gasteiger partial charge in [0.1, 0.15) is 5.82 Å². The van der Waals surface area contributed by atoms with Gasteiger partial charge in [0, 0.05) is 25.7 Å². The van der Waals surface area contributed by atoms with Crippen LogP contribution in [0.15, 0.2) is 83.8 Å². The zero-order valence-corrected chi connectivity index (χ0v) is 17.9. The number of hydrogen-bond donors (Lipinski definition) is 1. The first-order chi connectivity index (χ1) is 15.0. The van der Waals surface area contributed by atoms with Crippen LogP contribution in [0, 0.1) is 5.82 Å². The molecule has 5 nitrogen and oxygen atoms in total. The molecule has 3 aromatic rings. The Balaban J connectivity index is 1.51. The molecule has 0 saturated carbocycles. The Morgan fingerprint density at radius 2 is 1.58 bits per heavy atom. The van der Waals surface area contributed by atoms with Gasteiger partial charge in [0.25, 0.3) is 0 Å². The summed E-state index contributed by atoms with van der Waals surface area (Å²) in [5.74, 6) is -0.338. The first kappa shape index (κ1) is 21.6. The van der Waals surface area contributed by atoms with Crippen LogP contribution in [-0.2, 0) is 14.8 Å². The average molecular weight is 441 g/mol. The van der Waals surface area contributed by atoms with Gasteiger partial charge in [0.05, 0.1) is 18.1 Å². The number of sulfonamides is 1. The van der Waals surface area contributed by atoms with Gasteiger partial charge in [0.2, 0.25) is 10.0 Å².